The number of pyridine rings is 1. The van der Waals surface area contributed by atoms with Gasteiger partial charge in [-0.05, 0) is 85.0 Å². The fraction of sp³-hybridized carbons (Fsp3) is 0.118. The highest BCUT2D eigenvalue weighted by atomic mass is 32.1. The molecular weight excluding hydrogens is 574 g/mol. The molecule has 2 atom stereocenters. The Morgan fingerprint density at radius 1 is 0.909 bits per heavy atom. The molecule has 0 bridgehead atoms. The van der Waals surface area contributed by atoms with E-state index in [4.69, 9.17) is 21.7 Å². The van der Waals surface area contributed by atoms with Crippen LogP contribution in [-0.2, 0) is 9.53 Å². The Morgan fingerprint density at radius 2 is 1.66 bits per heavy atom. The van der Waals surface area contributed by atoms with Gasteiger partial charge in [0, 0.05) is 29.5 Å². The van der Waals surface area contributed by atoms with Crippen molar-refractivity contribution in [1.29, 1.82) is 0 Å². The molecule has 2 unspecified atom stereocenters. The van der Waals surface area contributed by atoms with Crippen LogP contribution in [0.2, 0.25) is 0 Å². The van der Waals surface area contributed by atoms with E-state index >= 15 is 0 Å². The third-order valence-electron chi connectivity index (χ3n) is 7.29. The number of nitrogens with zero attached hydrogens (tertiary/aromatic N) is 3. The maximum atomic E-state index is 12.7. The maximum Gasteiger partial charge on any atom is 0.339 e. The van der Waals surface area contributed by atoms with Gasteiger partial charge in [0.2, 0.25) is 0 Å². The number of carbonyl (C=O) groups is 2. The highest BCUT2D eigenvalue weighted by Crippen LogP contribution is 2.42. The second kappa shape index (κ2) is 12.8. The molecule has 1 saturated heterocycles. The minimum Gasteiger partial charge on any atom is -0.484 e. The summed E-state index contributed by atoms with van der Waals surface area (Å²) in [5.74, 6) is -0.0686. The summed E-state index contributed by atoms with van der Waals surface area (Å²) >= 11 is 5.90. The Hall–Kier alpha value is -5.48. The SMILES string of the molecule is COC(=O)c1ccccc1-n1cccc1C1C(c2ccccn2)NC(=S)N1c1ccc(NC(=O)COc2ccccc2)cc1. The summed E-state index contributed by atoms with van der Waals surface area (Å²) in [5.41, 5.74) is 4.28. The largest absolute Gasteiger partial charge is 0.484 e. The number of anilines is 2. The predicted octanol–water partition coefficient (Wildman–Crippen LogP) is 5.85. The summed E-state index contributed by atoms with van der Waals surface area (Å²) < 4.78 is 12.6. The molecule has 0 radical (unpaired) electrons. The average Bonchev–Trinajstić information content (AvgIpc) is 3.69. The van der Waals surface area contributed by atoms with Crippen LogP contribution in [0.3, 0.4) is 0 Å². The molecule has 3 heterocycles. The van der Waals surface area contributed by atoms with Crippen molar-refractivity contribution in [2.24, 2.45) is 0 Å². The fourth-order valence-electron chi connectivity index (χ4n) is 5.32. The maximum absolute atomic E-state index is 12.7. The minimum absolute atomic E-state index is 0.107. The van der Waals surface area contributed by atoms with Gasteiger partial charge < -0.3 is 29.6 Å². The van der Waals surface area contributed by atoms with Crippen molar-refractivity contribution in [3.05, 3.63) is 139 Å². The first-order valence-corrected chi connectivity index (χ1v) is 14.4. The van der Waals surface area contributed by atoms with Gasteiger partial charge in [-0.1, -0.05) is 36.4 Å². The van der Waals surface area contributed by atoms with E-state index in [2.05, 4.69) is 15.6 Å². The molecule has 10 heteroatoms. The lowest BCUT2D eigenvalue weighted by Gasteiger charge is -2.29. The summed E-state index contributed by atoms with van der Waals surface area (Å²) in [4.78, 5) is 31.9. The Kier molecular flexibility index (Phi) is 8.33. The van der Waals surface area contributed by atoms with Gasteiger partial charge in [0.1, 0.15) is 11.8 Å². The van der Waals surface area contributed by atoms with Crippen molar-refractivity contribution in [2.75, 3.05) is 23.9 Å². The number of esters is 1. The molecule has 44 heavy (non-hydrogen) atoms. The normalized spacial score (nSPS) is 15.8. The van der Waals surface area contributed by atoms with Crippen LogP contribution in [0, 0.1) is 0 Å². The first-order valence-electron chi connectivity index (χ1n) is 14.0. The Morgan fingerprint density at radius 3 is 2.41 bits per heavy atom. The molecule has 1 fully saturated rings. The lowest BCUT2D eigenvalue weighted by Crippen LogP contribution is -2.30. The van der Waals surface area contributed by atoms with E-state index in [0.29, 0.717) is 27.8 Å². The molecular formula is C34H29N5O4S. The van der Waals surface area contributed by atoms with Crippen LogP contribution in [0.15, 0.2) is 122 Å². The number of amides is 1. The molecule has 1 aliphatic rings. The molecule has 2 aromatic heterocycles. The van der Waals surface area contributed by atoms with E-state index < -0.39 is 5.97 Å². The van der Waals surface area contributed by atoms with Crippen molar-refractivity contribution in [1.82, 2.24) is 14.9 Å². The van der Waals surface area contributed by atoms with E-state index in [-0.39, 0.29) is 24.6 Å². The highest BCUT2D eigenvalue weighted by molar-refractivity contribution is 7.80. The molecule has 0 spiro atoms. The number of benzene rings is 3. The number of thiocarbonyl (C=S) groups is 1. The van der Waals surface area contributed by atoms with Crippen LogP contribution in [0.4, 0.5) is 11.4 Å². The molecule has 0 aliphatic carbocycles. The standard InChI is InChI=1S/C34H29N5O4S/c1-42-33(41)26-12-5-6-14-28(26)38-21-9-15-29(38)32-31(27-13-7-8-20-35-27)37-34(44)39(32)24-18-16-23(17-19-24)36-30(40)22-43-25-10-3-2-4-11-25/h2-21,31-32H,22H2,1H3,(H,36,40)(H,37,44). The Labute approximate surface area is 260 Å². The zero-order chi connectivity index (χ0) is 30.5. The number of ether oxygens (including phenoxy) is 2. The van der Waals surface area contributed by atoms with Crippen molar-refractivity contribution in [2.45, 2.75) is 12.1 Å². The summed E-state index contributed by atoms with van der Waals surface area (Å²) in [5, 5.41) is 6.87. The van der Waals surface area contributed by atoms with Gasteiger partial charge in [0.15, 0.2) is 11.7 Å². The molecule has 3 aromatic carbocycles. The van der Waals surface area contributed by atoms with Crippen LogP contribution < -0.4 is 20.3 Å². The van der Waals surface area contributed by atoms with E-state index in [1.807, 2.05) is 107 Å². The zero-order valence-corrected chi connectivity index (χ0v) is 24.6. The molecule has 9 nitrogen and oxygen atoms in total. The van der Waals surface area contributed by atoms with Crippen molar-refractivity contribution in [3.63, 3.8) is 0 Å². The molecule has 6 rings (SSSR count). The van der Waals surface area contributed by atoms with Crippen molar-refractivity contribution >= 4 is 40.6 Å². The second-order valence-electron chi connectivity index (χ2n) is 10.0. The summed E-state index contributed by atoms with van der Waals surface area (Å²) in [6.07, 6.45) is 3.67. The van der Waals surface area contributed by atoms with Gasteiger partial charge in [0.05, 0.1) is 30.1 Å². The zero-order valence-electron chi connectivity index (χ0n) is 23.8. The number of hydrogen-bond donors (Lipinski definition) is 2. The number of hydrogen-bond acceptors (Lipinski definition) is 6. The topological polar surface area (TPSA) is 97.7 Å². The third-order valence-corrected chi connectivity index (χ3v) is 7.61. The van der Waals surface area contributed by atoms with Crippen LogP contribution in [0.5, 0.6) is 5.75 Å². The lowest BCUT2D eigenvalue weighted by atomic mass is 10.0. The van der Waals surface area contributed by atoms with Gasteiger partial charge in [-0.15, -0.1) is 0 Å². The molecule has 220 valence electrons. The van der Waals surface area contributed by atoms with Gasteiger partial charge in [-0.25, -0.2) is 4.79 Å². The first kappa shape index (κ1) is 28.6. The smallest absolute Gasteiger partial charge is 0.339 e. The van der Waals surface area contributed by atoms with E-state index in [0.717, 1.165) is 17.1 Å². The van der Waals surface area contributed by atoms with Crippen LogP contribution in [0.25, 0.3) is 5.69 Å². The number of aromatic nitrogens is 2. The summed E-state index contributed by atoms with van der Waals surface area (Å²) in [7, 11) is 1.37. The number of nitrogens with one attached hydrogen (secondary N) is 2. The monoisotopic (exact) mass is 603 g/mol. The van der Waals surface area contributed by atoms with Gasteiger partial charge in [-0.3, -0.25) is 9.78 Å². The number of para-hydroxylation sites is 2. The van der Waals surface area contributed by atoms with E-state index in [9.17, 15) is 9.59 Å². The average molecular weight is 604 g/mol. The minimum atomic E-state index is -0.426. The molecule has 1 amide bonds. The highest BCUT2D eigenvalue weighted by Gasteiger charge is 2.42. The molecule has 5 aromatic rings. The van der Waals surface area contributed by atoms with Gasteiger partial charge in [0.25, 0.3) is 5.91 Å². The first-order chi connectivity index (χ1) is 21.5. The van der Waals surface area contributed by atoms with Crippen LogP contribution in [-0.4, -0.2) is 40.3 Å². The number of methoxy groups -OCH3 is 1. The molecule has 2 N–H and O–H groups in total. The quantitative estimate of drug-likeness (QED) is 0.160. The fourth-order valence-corrected chi connectivity index (χ4v) is 5.67. The van der Waals surface area contributed by atoms with Crippen LogP contribution >= 0.6 is 12.2 Å². The van der Waals surface area contributed by atoms with Crippen molar-refractivity contribution in [3.8, 4) is 11.4 Å². The predicted molar refractivity (Wildman–Crippen MR) is 172 cm³/mol. The summed E-state index contributed by atoms with van der Waals surface area (Å²) in [6.45, 7) is -0.107. The second-order valence-corrected chi connectivity index (χ2v) is 10.4. The number of carbonyl (C=O) groups excluding carboxylic acids is 2. The van der Waals surface area contributed by atoms with Crippen molar-refractivity contribution < 1.29 is 19.1 Å². The Bertz CT molecular complexity index is 1780. The van der Waals surface area contributed by atoms with E-state index in [1.54, 1.807) is 24.4 Å². The van der Waals surface area contributed by atoms with Crippen LogP contribution in [0.1, 0.15) is 33.8 Å². The van der Waals surface area contributed by atoms with Gasteiger partial charge in [-0.2, -0.15) is 0 Å². The third kappa shape index (κ3) is 5.88. The molecule has 0 saturated carbocycles. The van der Waals surface area contributed by atoms with Gasteiger partial charge >= 0.3 is 5.97 Å². The lowest BCUT2D eigenvalue weighted by molar-refractivity contribution is -0.118. The Balaban J connectivity index is 1.32. The molecule has 1 aliphatic heterocycles. The number of rotatable bonds is 9. The summed E-state index contributed by atoms with van der Waals surface area (Å²) in [6, 6.07) is 33.1. The van der Waals surface area contributed by atoms with E-state index in [1.165, 1.54) is 7.11 Å².